The van der Waals surface area contributed by atoms with Crippen LogP contribution in [-0.2, 0) is 6.42 Å². The molecule has 0 radical (unpaired) electrons. The van der Waals surface area contributed by atoms with Crippen molar-refractivity contribution >= 4 is 15.9 Å². The second kappa shape index (κ2) is 4.04. The topological polar surface area (TPSA) is 38.9 Å². The molecule has 96 valence electrons. The quantitative estimate of drug-likeness (QED) is 0.932. The van der Waals surface area contributed by atoms with Crippen LogP contribution in [0.5, 0.6) is 0 Å². The molecule has 3 heteroatoms. The van der Waals surface area contributed by atoms with Crippen LogP contribution in [0.3, 0.4) is 0 Å². The molecule has 4 rings (SSSR count). The van der Waals surface area contributed by atoms with Crippen LogP contribution in [0.2, 0.25) is 0 Å². The summed E-state index contributed by atoms with van der Waals surface area (Å²) in [6.07, 6.45) is 7.29. The number of hydrogen-bond donors (Lipinski definition) is 1. The minimum absolute atomic E-state index is 0.331. The highest BCUT2D eigenvalue weighted by molar-refractivity contribution is 9.10. The number of nitrogens with two attached hydrogens (primary N) is 1. The highest BCUT2D eigenvalue weighted by Crippen LogP contribution is 2.70. The number of halogens is 1. The van der Waals surface area contributed by atoms with E-state index in [4.69, 9.17) is 5.73 Å². The Kier molecular flexibility index (Phi) is 2.56. The van der Waals surface area contributed by atoms with Gasteiger partial charge in [-0.15, -0.1) is 0 Å². The van der Waals surface area contributed by atoms with Gasteiger partial charge in [-0.05, 0) is 76.9 Å². The third-order valence-corrected chi connectivity index (χ3v) is 5.99. The van der Waals surface area contributed by atoms with Crippen molar-refractivity contribution in [3.8, 4) is 0 Å². The molecule has 5 atom stereocenters. The molecule has 18 heavy (non-hydrogen) atoms. The third-order valence-electron chi connectivity index (χ3n) is 5.52. The summed E-state index contributed by atoms with van der Waals surface area (Å²) in [7, 11) is 0. The van der Waals surface area contributed by atoms with Gasteiger partial charge < -0.3 is 5.73 Å². The van der Waals surface area contributed by atoms with Crippen molar-refractivity contribution in [3.63, 3.8) is 0 Å². The van der Waals surface area contributed by atoms with Crippen LogP contribution in [0.25, 0.3) is 0 Å². The summed E-state index contributed by atoms with van der Waals surface area (Å²) in [6.45, 7) is 0. The average Bonchev–Trinajstić information content (AvgIpc) is 2.82. The Morgan fingerprint density at radius 2 is 2.00 bits per heavy atom. The second-order valence-corrected chi connectivity index (χ2v) is 7.32. The number of aromatic nitrogens is 1. The van der Waals surface area contributed by atoms with Crippen molar-refractivity contribution < 1.29 is 0 Å². The van der Waals surface area contributed by atoms with E-state index in [9.17, 15) is 0 Å². The molecule has 3 fully saturated rings. The minimum atomic E-state index is 0.331. The molecule has 1 aromatic heterocycles. The lowest BCUT2D eigenvalue weighted by Crippen LogP contribution is -2.29. The normalized spacial score (nSPS) is 41.8. The van der Waals surface area contributed by atoms with E-state index >= 15 is 0 Å². The summed E-state index contributed by atoms with van der Waals surface area (Å²) in [5.41, 5.74) is 7.58. The summed E-state index contributed by atoms with van der Waals surface area (Å²) in [4.78, 5) is 4.45. The van der Waals surface area contributed by atoms with E-state index in [0.717, 1.165) is 46.2 Å². The first-order chi connectivity index (χ1) is 8.74. The molecule has 0 aliphatic heterocycles. The van der Waals surface area contributed by atoms with Gasteiger partial charge in [0.15, 0.2) is 0 Å². The van der Waals surface area contributed by atoms with E-state index in [2.05, 4.69) is 33.0 Å². The first-order valence-corrected chi connectivity index (χ1v) is 7.89. The van der Waals surface area contributed by atoms with Gasteiger partial charge in [0.1, 0.15) is 0 Å². The molecular weight excluding hydrogens is 288 g/mol. The molecule has 2 bridgehead atoms. The van der Waals surface area contributed by atoms with Crippen molar-refractivity contribution in [1.29, 1.82) is 0 Å². The van der Waals surface area contributed by atoms with E-state index in [-0.39, 0.29) is 0 Å². The molecule has 3 aliphatic rings. The smallest absolute Gasteiger partial charge is 0.0420 e. The molecule has 2 N–H and O–H groups in total. The van der Waals surface area contributed by atoms with Crippen molar-refractivity contribution in [2.24, 2.45) is 35.3 Å². The fraction of sp³-hybridized carbons (Fsp3) is 0.667. The van der Waals surface area contributed by atoms with Gasteiger partial charge in [-0.2, -0.15) is 0 Å². The predicted octanol–water partition coefficient (Wildman–Crippen LogP) is 3.01. The third kappa shape index (κ3) is 1.67. The van der Waals surface area contributed by atoms with Gasteiger partial charge in [-0.25, -0.2) is 0 Å². The van der Waals surface area contributed by atoms with E-state index in [1.807, 2.05) is 6.20 Å². The summed E-state index contributed by atoms with van der Waals surface area (Å²) < 4.78 is 1.04. The first-order valence-electron chi connectivity index (χ1n) is 7.10. The van der Waals surface area contributed by atoms with Crippen LogP contribution in [0.15, 0.2) is 22.8 Å². The number of pyridine rings is 1. The average molecular weight is 307 g/mol. The van der Waals surface area contributed by atoms with Gasteiger partial charge in [0.25, 0.3) is 0 Å². The lowest BCUT2D eigenvalue weighted by Gasteiger charge is -2.15. The van der Waals surface area contributed by atoms with Gasteiger partial charge in [0.05, 0.1) is 0 Å². The van der Waals surface area contributed by atoms with Crippen molar-refractivity contribution in [2.45, 2.75) is 31.7 Å². The molecule has 1 aromatic rings. The Morgan fingerprint density at radius 3 is 2.61 bits per heavy atom. The van der Waals surface area contributed by atoms with Crippen LogP contribution in [-0.4, -0.2) is 11.0 Å². The van der Waals surface area contributed by atoms with Crippen LogP contribution >= 0.6 is 15.9 Å². The number of rotatable bonds is 3. The maximum atomic E-state index is 6.44. The van der Waals surface area contributed by atoms with Gasteiger partial charge >= 0.3 is 0 Å². The molecule has 5 unspecified atom stereocenters. The van der Waals surface area contributed by atoms with E-state index < -0.39 is 0 Å². The zero-order chi connectivity index (χ0) is 12.3. The molecule has 0 spiro atoms. The maximum absolute atomic E-state index is 6.44. The van der Waals surface area contributed by atoms with Crippen molar-refractivity contribution in [1.82, 2.24) is 4.98 Å². The highest BCUT2D eigenvalue weighted by Gasteiger charge is 2.65. The Bertz CT molecular complexity index is 442. The van der Waals surface area contributed by atoms with Gasteiger partial charge in [-0.3, -0.25) is 4.98 Å². The molecular formula is C15H19BrN2. The molecule has 2 nitrogen and oxygen atoms in total. The minimum Gasteiger partial charge on any atom is -0.327 e. The Hall–Kier alpha value is -0.410. The molecule has 1 heterocycles. The van der Waals surface area contributed by atoms with Crippen LogP contribution in [0.4, 0.5) is 0 Å². The lowest BCUT2D eigenvalue weighted by molar-refractivity contribution is 0.408. The van der Waals surface area contributed by atoms with Crippen molar-refractivity contribution in [2.75, 3.05) is 0 Å². The zero-order valence-corrected chi connectivity index (χ0v) is 12.0. The van der Waals surface area contributed by atoms with E-state index in [1.165, 1.54) is 19.3 Å². The predicted molar refractivity (Wildman–Crippen MR) is 74.9 cm³/mol. The molecule has 3 aliphatic carbocycles. The summed E-state index contributed by atoms with van der Waals surface area (Å²) in [5, 5.41) is 0. The molecule has 0 amide bonds. The van der Waals surface area contributed by atoms with Crippen molar-refractivity contribution in [3.05, 3.63) is 28.5 Å². The zero-order valence-electron chi connectivity index (χ0n) is 10.4. The number of nitrogens with zero attached hydrogens (tertiary/aromatic N) is 1. The molecule has 3 saturated carbocycles. The van der Waals surface area contributed by atoms with E-state index in [0.29, 0.717) is 6.04 Å². The SMILES string of the molecule is NC(Cc1ccc(Br)cn1)C1C2C3CCC(C3)C12. The summed E-state index contributed by atoms with van der Waals surface area (Å²) in [6, 6.07) is 4.49. The fourth-order valence-corrected chi connectivity index (χ4v) is 5.10. The van der Waals surface area contributed by atoms with Crippen LogP contribution in [0, 0.1) is 29.6 Å². The number of fused-ring (bicyclic) bond motifs is 5. The summed E-state index contributed by atoms with van der Waals surface area (Å²) in [5.74, 6) is 4.81. The Balaban J connectivity index is 1.43. The maximum Gasteiger partial charge on any atom is 0.0420 e. The lowest BCUT2D eigenvalue weighted by atomic mass is 9.95. The highest BCUT2D eigenvalue weighted by atomic mass is 79.9. The monoisotopic (exact) mass is 306 g/mol. The fourth-order valence-electron chi connectivity index (χ4n) is 4.87. The van der Waals surface area contributed by atoms with Crippen LogP contribution in [0.1, 0.15) is 25.0 Å². The van der Waals surface area contributed by atoms with Crippen LogP contribution < -0.4 is 5.73 Å². The molecule has 0 saturated heterocycles. The molecule has 0 aromatic carbocycles. The van der Waals surface area contributed by atoms with E-state index in [1.54, 1.807) is 0 Å². The second-order valence-electron chi connectivity index (χ2n) is 6.40. The number of hydrogen-bond acceptors (Lipinski definition) is 2. The standard InChI is InChI=1S/C15H19BrN2/c16-10-3-4-11(18-7-10)6-12(17)15-13-8-1-2-9(5-8)14(13)15/h3-4,7-9,12-15H,1-2,5-6,17H2. The Labute approximate surface area is 116 Å². The van der Waals surface area contributed by atoms with Gasteiger partial charge in [0, 0.05) is 28.8 Å². The first kappa shape index (κ1) is 11.4. The Morgan fingerprint density at radius 1 is 1.28 bits per heavy atom. The largest absolute Gasteiger partial charge is 0.327 e. The van der Waals surface area contributed by atoms with Gasteiger partial charge in [-0.1, -0.05) is 0 Å². The van der Waals surface area contributed by atoms with Gasteiger partial charge in [0.2, 0.25) is 0 Å². The summed E-state index contributed by atoms with van der Waals surface area (Å²) >= 11 is 3.42.